The molecule has 1 fully saturated rings. The van der Waals surface area contributed by atoms with Gasteiger partial charge in [0, 0.05) is 18.2 Å². The van der Waals surface area contributed by atoms with Crippen LogP contribution in [0.15, 0.2) is 29.3 Å². The van der Waals surface area contributed by atoms with E-state index in [4.69, 9.17) is 4.74 Å². The Morgan fingerprint density at radius 2 is 2.00 bits per heavy atom. The minimum Gasteiger partial charge on any atom is -0.484 e. The Balaban J connectivity index is 0.00000264. The number of nitrogens with one attached hydrogen (secondary N) is 2. The number of hydrogen-bond acceptors (Lipinski definition) is 2. The van der Waals surface area contributed by atoms with E-state index in [-0.39, 0.29) is 36.3 Å². The van der Waals surface area contributed by atoms with Gasteiger partial charge in [-0.1, -0.05) is 18.2 Å². The maximum atomic E-state index is 12.3. The van der Waals surface area contributed by atoms with Gasteiger partial charge in [0.05, 0.1) is 6.54 Å². The first-order chi connectivity index (χ1) is 10.5. The number of halogens is 4. The molecule has 0 radical (unpaired) electrons. The maximum absolute atomic E-state index is 12.3. The van der Waals surface area contributed by atoms with Crippen LogP contribution in [0.25, 0.3) is 0 Å². The molecule has 2 N–H and O–H groups in total. The molecule has 0 aromatic heterocycles. The molecule has 1 aromatic carbocycles. The number of ether oxygens (including phenoxy) is 1. The summed E-state index contributed by atoms with van der Waals surface area (Å²) in [6.45, 7) is 1.65. The van der Waals surface area contributed by atoms with Crippen LogP contribution in [0.2, 0.25) is 0 Å². The van der Waals surface area contributed by atoms with Crippen molar-refractivity contribution in [3.63, 3.8) is 0 Å². The van der Waals surface area contributed by atoms with Gasteiger partial charge in [0.1, 0.15) is 5.75 Å². The number of guanidine groups is 1. The molecular formula is C15H21F3IN3O. The number of nitrogens with zero attached hydrogens (tertiary/aromatic N) is 1. The van der Waals surface area contributed by atoms with E-state index in [0.717, 1.165) is 19.4 Å². The predicted molar refractivity (Wildman–Crippen MR) is 94.4 cm³/mol. The third-order valence-electron chi connectivity index (χ3n) is 3.03. The number of para-hydroxylation sites is 1. The van der Waals surface area contributed by atoms with Crippen LogP contribution in [0, 0.1) is 0 Å². The van der Waals surface area contributed by atoms with Gasteiger partial charge in [0.2, 0.25) is 0 Å². The van der Waals surface area contributed by atoms with Gasteiger partial charge in [-0.3, -0.25) is 0 Å². The van der Waals surface area contributed by atoms with E-state index in [1.54, 1.807) is 18.2 Å². The Hall–Kier alpha value is -1.19. The molecule has 23 heavy (non-hydrogen) atoms. The fourth-order valence-electron chi connectivity index (χ4n) is 1.84. The Bertz CT molecular complexity index is 519. The Kier molecular flexibility index (Phi) is 7.93. The lowest BCUT2D eigenvalue weighted by Crippen LogP contribution is -2.38. The van der Waals surface area contributed by atoms with Gasteiger partial charge in [-0.2, -0.15) is 13.2 Å². The van der Waals surface area contributed by atoms with Crippen LogP contribution in [-0.4, -0.2) is 31.3 Å². The smallest absolute Gasteiger partial charge is 0.422 e. The Morgan fingerprint density at radius 1 is 1.30 bits per heavy atom. The van der Waals surface area contributed by atoms with Crippen LogP contribution < -0.4 is 15.4 Å². The first-order valence-corrected chi connectivity index (χ1v) is 7.30. The van der Waals surface area contributed by atoms with Crippen molar-refractivity contribution in [2.45, 2.75) is 38.5 Å². The summed E-state index contributed by atoms with van der Waals surface area (Å²) in [5, 5.41) is 6.37. The summed E-state index contributed by atoms with van der Waals surface area (Å²) in [6.07, 6.45) is -2.11. The predicted octanol–water partition coefficient (Wildman–Crippen LogP) is 3.46. The second-order valence-electron chi connectivity index (χ2n) is 5.13. The van der Waals surface area contributed by atoms with Gasteiger partial charge in [-0.05, 0) is 25.8 Å². The molecule has 0 saturated heterocycles. The average molecular weight is 443 g/mol. The lowest BCUT2D eigenvalue weighted by molar-refractivity contribution is -0.153. The summed E-state index contributed by atoms with van der Waals surface area (Å²) < 4.78 is 41.6. The minimum atomic E-state index is -4.35. The highest BCUT2D eigenvalue weighted by Crippen LogP contribution is 2.23. The van der Waals surface area contributed by atoms with E-state index in [2.05, 4.69) is 15.6 Å². The summed E-state index contributed by atoms with van der Waals surface area (Å²) in [4.78, 5) is 4.40. The molecule has 4 nitrogen and oxygen atoms in total. The quantitative estimate of drug-likeness (QED) is 0.402. The summed E-state index contributed by atoms with van der Waals surface area (Å²) in [6, 6.07) is 7.10. The summed E-state index contributed by atoms with van der Waals surface area (Å²) in [7, 11) is 0. The minimum absolute atomic E-state index is 0. The molecule has 0 aliphatic heterocycles. The van der Waals surface area contributed by atoms with E-state index >= 15 is 0 Å². The number of aliphatic imine (C=N–C) groups is 1. The van der Waals surface area contributed by atoms with Gasteiger partial charge in [0.25, 0.3) is 0 Å². The molecule has 1 aliphatic carbocycles. The van der Waals surface area contributed by atoms with Crippen molar-refractivity contribution in [2.24, 2.45) is 4.99 Å². The van der Waals surface area contributed by atoms with Crippen LogP contribution in [0.5, 0.6) is 5.75 Å². The van der Waals surface area contributed by atoms with Crippen molar-refractivity contribution >= 4 is 29.9 Å². The molecular weight excluding hydrogens is 422 g/mol. The third kappa shape index (κ3) is 7.76. The molecule has 1 aliphatic rings. The van der Waals surface area contributed by atoms with E-state index in [9.17, 15) is 13.2 Å². The lowest BCUT2D eigenvalue weighted by Gasteiger charge is -2.13. The first kappa shape index (κ1) is 19.9. The molecule has 8 heteroatoms. The largest absolute Gasteiger partial charge is 0.484 e. The molecule has 1 saturated carbocycles. The monoisotopic (exact) mass is 443 g/mol. The van der Waals surface area contributed by atoms with Crippen LogP contribution in [-0.2, 0) is 6.54 Å². The summed E-state index contributed by atoms with van der Waals surface area (Å²) in [5.41, 5.74) is 0.625. The zero-order chi connectivity index (χ0) is 16.0. The van der Waals surface area contributed by atoms with E-state index in [0.29, 0.717) is 17.6 Å². The van der Waals surface area contributed by atoms with Gasteiger partial charge in [-0.25, -0.2) is 4.99 Å². The van der Waals surface area contributed by atoms with E-state index in [1.807, 2.05) is 6.92 Å². The standard InChI is InChI=1S/C15H20F3N3O.HI/c1-2-19-14(21-12-7-8-12)20-9-11-5-3-4-6-13(11)22-10-15(16,17)18;/h3-6,12H,2,7-10H2,1H3,(H2,19,20,21);1H. The Labute approximate surface area is 150 Å². The lowest BCUT2D eigenvalue weighted by atomic mass is 10.2. The number of alkyl halides is 3. The normalized spacial score (nSPS) is 14.9. The molecule has 0 amide bonds. The molecule has 0 unspecified atom stereocenters. The fourth-order valence-corrected chi connectivity index (χ4v) is 1.84. The van der Waals surface area contributed by atoms with E-state index in [1.165, 1.54) is 6.07 Å². The van der Waals surface area contributed by atoms with Crippen molar-refractivity contribution in [1.29, 1.82) is 0 Å². The summed E-state index contributed by atoms with van der Waals surface area (Å²) >= 11 is 0. The van der Waals surface area contributed by atoms with Crippen LogP contribution in [0.4, 0.5) is 13.2 Å². The number of rotatable bonds is 6. The number of hydrogen-bond donors (Lipinski definition) is 2. The van der Waals surface area contributed by atoms with Crippen molar-refractivity contribution in [3.8, 4) is 5.75 Å². The molecule has 130 valence electrons. The second-order valence-corrected chi connectivity index (χ2v) is 5.13. The second kappa shape index (κ2) is 9.19. The first-order valence-electron chi connectivity index (χ1n) is 7.30. The van der Waals surface area contributed by atoms with Crippen LogP contribution >= 0.6 is 24.0 Å². The van der Waals surface area contributed by atoms with Gasteiger partial charge >= 0.3 is 6.18 Å². The Morgan fingerprint density at radius 3 is 2.61 bits per heavy atom. The molecule has 1 aromatic rings. The van der Waals surface area contributed by atoms with Crippen molar-refractivity contribution < 1.29 is 17.9 Å². The van der Waals surface area contributed by atoms with Crippen LogP contribution in [0.3, 0.4) is 0 Å². The van der Waals surface area contributed by atoms with Gasteiger partial charge < -0.3 is 15.4 Å². The van der Waals surface area contributed by atoms with Crippen LogP contribution in [0.1, 0.15) is 25.3 Å². The third-order valence-corrected chi connectivity index (χ3v) is 3.03. The topological polar surface area (TPSA) is 45.7 Å². The van der Waals surface area contributed by atoms with Crippen molar-refractivity contribution in [1.82, 2.24) is 10.6 Å². The fraction of sp³-hybridized carbons (Fsp3) is 0.533. The molecule has 2 rings (SSSR count). The number of benzene rings is 1. The zero-order valence-electron chi connectivity index (χ0n) is 12.8. The zero-order valence-corrected chi connectivity index (χ0v) is 15.2. The van der Waals surface area contributed by atoms with Crippen molar-refractivity contribution in [3.05, 3.63) is 29.8 Å². The maximum Gasteiger partial charge on any atom is 0.422 e. The molecule has 0 spiro atoms. The molecule has 0 bridgehead atoms. The van der Waals surface area contributed by atoms with Crippen molar-refractivity contribution in [2.75, 3.05) is 13.2 Å². The molecule has 0 heterocycles. The highest BCUT2D eigenvalue weighted by Gasteiger charge is 2.28. The highest BCUT2D eigenvalue weighted by molar-refractivity contribution is 14.0. The highest BCUT2D eigenvalue weighted by atomic mass is 127. The van der Waals surface area contributed by atoms with Gasteiger partial charge in [0.15, 0.2) is 12.6 Å². The average Bonchev–Trinajstić information content (AvgIpc) is 3.27. The summed E-state index contributed by atoms with van der Waals surface area (Å²) in [5.74, 6) is 0.890. The SMILES string of the molecule is CCNC(=NCc1ccccc1OCC(F)(F)F)NC1CC1.I. The molecule has 0 atom stereocenters. The van der Waals surface area contributed by atoms with E-state index < -0.39 is 12.8 Å². The van der Waals surface area contributed by atoms with Gasteiger partial charge in [-0.15, -0.1) is 24.0 Å².